The predicted molar refractivity (Wildman–Crippen MR) is 79.0 cm³/mol. The predicted octanol–water partition coefficient (Wildman–Crippen LogP) is 2.33. The van der Waals surface area contributed by atoms with Gasteiger partial charge >= 0.3 is 0 Å². The summed E-state index contributed by atoms with van der Waals surface area (Å²) in [7, 11) is -1.21. The Kier molecular flexibility index (Phi) is 3.89. The van der Waals surface area contributed by atoms with Crippen LogP contribution in [0.4, 0.5) is 4.39 Å². The molecule has 108 valence electrons. The zero-order valence-electron chi connectivity index (χ0n) is 11.1. The van der Waals surface area contributed by atoms with E-state index in [1.165, 1.54) is 23.7 Å². The van der Waals surface area contributed by atoms with Crippen LogP contribution in [0.15, 0.2) is 41.1 Å². The summed E-state index contributed by atoms with van der Waals surface area (Å²) in [5.41, 5.74) is 1.24. The van der Waals surface area contributed by atoms with Crippen molar-refractivity contribution in [2.24, 2.45) is 0 Å². The van der Waals surface area contributed by atoms with E-state index in [0.29, 0.717) is 22.3 Å². The van der Waals surface area contributed by atoms with Gasteiger partial charge in [-0.1, -0.05) is 12.1 Å². The molecule has 2 heterocycles. The van der Waals surface area contributed by atoms with Crippen LogP contribution in [0.5, 0.6) is 0 Å². The molecule has 0 N–H and O–H groups in total. The Labute approximate surface area is 127 Å². The van der Waals surface area contributed by atoms with Crippen LogP contribution in [0.2, 0.25) is 0 Å². The molecule has 0 fully saturated rings. The fraction of sp³-hybridized carbons (Fsp3) is 0.154. The Bertz CT molecular complexity index is 799. The first-order valence-electron chi connectivity index (χ1n) is 6.05. The molecule has 3 aromatic rings. The molecule has 0 saturated carbocycles. The molecule has 0 aliphatic carbocycles. The summed E-state index contributed by atoms with van der Waals surface area (Å²) >= 11 is 1.37. The van der Waals surface area contributed by atoms with Crippen molar-refractivity contribution in [2.75, 3.05) is 6.26 Å². The zero-order chi connectivity index (χ0) is 14.8. The quantitative estimate of drug-likeness (QED) is 0.739. The van der Waals surface area contributed by atoms with Crippen molar-refractivity contribution in [3.05, 3.63) is 47.5 Å². The molecule has 2 aromatic heterocycles. The van der Waals surface area contributed by atoms with Crippen LogP contribution in [0.25, 0.3) is 10.6 Å². The van der Waals surface area contributed by atoms with Crippen LogP contribution >= 0.6 is 11.3 Å². The first-order chi connectivity index (χ1) is 10.1. The number of benzene rings is 1. The lowest BCUT2D eigenvalue weighted by atomic mass is 10.2. The van der Waals surface area contributed by atoms with E-state index in [2.05, 4.69) is 15.2 Å². The average molecular weight is 322 g/mol. The molecule has 0 aliphatic heterocycles. The van der Waals surface area contributed by atoms with Crippen molar-refractivity contribution in [3.8, 4) is 10.6 Å². The van der Waals surface area contributed by atoms with E-state index in [4.69, 9.17) is 0 Å². The standard InChI is InChI=1S/C13H11FN4OS2/c1-21(19)13-17-15-8-18(13)6-9-7-20-12(16-9)10-4-2-3-5-11(10)14/h2-5,7-8H,6H2,1H3/t21-/m1/s1. The summed E-state index contributed by atoms with van der Waals surface area (Å²) < 4.78 is 26.9. The van der Waals surface area contributed by atoms with Crippen molar-refractivity contribution in [2.45, 2.75) is 11.7 Å². The minimum absolute atomic E-state index is 0.293. The molecule has 21 heavy (non-hydrogen) atoms. The molecule has 0 amide bonds. The maximum atomic E-state index is 13.7. The van der Waals surface area contributed by atoms with Gasteiger partial charge < -0.3 is 4.57 Å². The number of aromatic nitrogens is 4. The molecule has 1 aromatic carbocycles. The van der Waals surface area contributed by atoms with Gasteiger partial charge in [0, 0.05) is 17.2 Å². The Morgan fingerprint density at radius 3 is 2.95 bits per heavy atom. The summed E-state index contributed by atoms with van der Waals surface area (Å²) in [6.45, 7) is 0.410. The number of thiazole rings is 1. The van der Waals surface area contributed by atoms with E-state index in [-0.39, 0.29) is 5.82 Å². The Balaban J connectivity index is 1.88. The SMILES string of the molecule is C[S@@](=O)c1nncn1Cc1csc(-c2ccccc2F)n1. The fourth-order valence-electron chi connectivity index (χ4n) is 1.89. The van der Waals surface area contributed by atoms with Crippen molar-refractivity contribution < 1.29 is 8.60 Å². The lowest BCUT2D eigenvalue weighted by Crippen LogP contribution is -2.05. The van der Waals surface area contributed by atoms with Crippen LogP contribution in [0.1, 0.15) is 5.69 Å². The Hall–Kier alpha value is -1.93. The first kappa shape index (κ1) is 14.0. The monoisotopic (exact) mass is 322 g/mol. The third-order valence-corrected chi connectivity index (χ3v) is 4.58. The van der Waals surface area contributed by atoms with Crippen LogP contribution < -0.4 is 0 Å². The fourth-order valence-corrected chi connectivity index (χ4v) is 3.33. The third kappa shape index (κ3) is 2.91. The van der Waals surface area contributed by atoms with Crippen LogP contribution in [-0.2, 0) is 17.3 Å². The molecule has 3 rings (SSSR count). The van der Waals surface area contributed by atoms with Gasteiger partial charge in [-0.05, 0) is 12.1 Å². The maximum absolute atomic E-state index is 13.7. The summed E-state index contributed by atoms with van der Waals surface area (Å²) in [6, 6.07) is 6.53. The molecule has 0 saturated heterocycles. The van der Waals surface area contributed by atoms with Crippen LogP contribution in [-0.4, -0.2) is 30.2 Å². The highest BCUT2D eigenvalue weighted by Crippen LogP contribution is 2.26. The minimum atomic E-state index is -1.21. The van der Waals surface area contributed by atoms with Crippen molar-refractivity contribution in [1.82, 2.24) is 19.7 Å². The summed E-state index contributed by atoms with van der Waals surface area (Å²) in [5.74, 6) is -0.293. The highest BCUT2D eigenvalue weighted by Gasteiger charge is 2.12. The van der Waals surface area contributed by atoms with E-state index < -0.39 is 10.8 Å². The zero-order valence-corrected chi connectivity index (χ0v) is 12.7. The van der Waals surface area contributed by atoms with Gasteiger partial charge in [0.25, 0.3) is 0 Å². The molecular weight excluding hydrogens is 311 g/mol. The van der Waals surface area contributed by atoms with E-state index in [0.717, 1.165) is 5.69 Å². The molecule has 5 nitrogen and oxygen atoms in total. The Morgan fingerprint density at radius 1 is 1.38 bits per heavy atom. The molecule has 1 atom stereocenters. The summed E-state index contributed by atoms with van der Waals surface area (Å²) in [4.78, 5) is 4.42. The van der Waals surface area contributed by atoms with Crippen molar-refractivity contribution in [1.29, 1.82) is 0 Å². The van der Waals surface area contributed by atoms with Gasteiger partial charge in [0.05, 0.1) is 23.0 Å². The second kappa shape index (κ2) is 5.82. The van der Waals surface area contributed by atoms with Crippen molar-refractivity contribution in [3.63, 3.8) is 0 Å². The minimum Gasteiger partial charge on any atom is -0.300 e. The number of hydrogen-bond acceptors (Lipinski definition) is 5. The van der Waals surface area contributed by atoms with Gasteiger partial charge in [-0.3, -0.25) is 4.21 Å². The smallest absolute Gasteiger partial charge is 0.221 e. The van der Waals surface area contributed by atoms with E-state index >= 15 is 0 Å². The lowest BCUT2D eigenvalue weighted by molar-refractivity contribution is 0.631. The molecule has 0 spiro atoms. The van der Waals surface area contributed by atoms with Crippen LogP contribution in [0, 0.1) is 5.82 Å². The average Bonchev–Trinajstić information content (AvgIpc) is 3.09. The number of nitrogens with zero attached hydrogens (tertiary/aromatic N) is 4. The second-order valence-corrected chi connectivity index (χ2v) is 6.45. The number of hydrogen-bond donors (Lipinski definition) is 0. The van der Waals surface area contributed by atoms with E-state index in [1.54, 1.807) is 29.0 Å². The molecular formula is C13H11FN4OS2. The first-order valence-corrected chi connectivity index (χ1v) is 8.49. The van der Waals surface area contributed by atoms with E-state index in [9.17, 15) is 8.60 Å². The van der Waals surface area contributed by atoms with Gasteiger partial charge in [-0.15, -0.1) is 21.5 Å². The summed E-state index contributed by atoms with van der Waals surface area (Å²) in [6.07, 6.45) is 3.06. The van der Waals surface area contributed by atoms with Gasteiger partial charge in [0.2, 0.25) is 5.16 Å². The molecule has 0 bridgehead atoms. The van der Waals surface area contributed by atoms with Gasteiger partial charge in [0.1, 0.15) is 17.2 Å². The summed E-state index contributed by atoms with van der Waals surface area (Å²) in [5, 5.41) is 10.4. The second-order valence-electron chi connectivity index (χ2n) is 4.32. The lowest BCUT2D eigenvalue weighted by Gasteiger charge is -2.01. The molecule has 0 unspecified atom stereocenters. The highest BCUT2D eigenvalue weighted by atomic mass is 32.2. The molecule has 8 heteroatoms. The Morgan fingerprint density at radius 2 is 2.19 bits per heavy atom. The molecule has 0 aliphatic rings. The van der Waals surface area contributed by atoms with Gasteiger partial charge in [-0.25, -0.2) is 9.37 Å². The normalized spacial score (nSPS) is 12.5. The third-order valence-electron chi connectivity index (χ3n) is 2.83. The maximum Gasteiger partial charge on any atom is 0.221 e. The topological polar surface area (TPSA) is 60.7 Å². The van der Waals surface area contributed by atoms with Crippen LogP contribution in [0.3, 0.4) is 0 Å². The van der Waals surface area contributed by atoms with Gasteiger partial charge in [0.15, 0.2) is 0 Å². The largest absolute Gasteiger partial charge is 0.300 e. The van der Waals surface area contributed by atoms with Gasteiger partial charge in [-0.2, -0.15) is 0 Å². The molecule has 0 radical (unpaired) electrons. The van der Waals surface area contributed by atoms with E-state index in [1.807, 2.05) is 5.38 Å². The van der Waals surface area contributed by atoms with Crippen molar-refractivity contribution >= 4 is 22.1 Å². The highest BCUT2D eigenvalue weighted by molar-refractivity contribution is 7.84. The number of rotatable bonds is 4. The number of halogens is 1.